The molecule has 2 rings (SSSR count). The zero-order valence-corrected chi connectivity index (χ0v) is 10.9. The van der Waals surface area contributed by atoms with Gasteiger partial charge in [-0.2, -0.15) is 0 Å². The minimum atomic E-state index is -0.311. The summed E-state index contributed by atoms with van der Waals surface area (Å²) in [5.41, 5.74) is 0.202. The molecule has 0 saturated heterocycles. The molecule has 7 heteroatoms. The van der Waals surface area contributed by atoms with E-state index in [0.29, 0.717) is 37.7 Å². The van der Waals surface area contributed by atoms with Crippen molar-refractivity contribution in [3.63, 3.8) is 0 Å². The maximum absolute atomic E-state index is 11.8. The van der Waals surface area contributed by atoms with E-state index in [1.54, 1.807) is 12.1 Å². The van der Waals surface area contributed by atoms with E-state index >= 15 is 0 Å². The van der Waals surface area contributed by atoms with Gasteiger partial charge in [-0.25, -0.2) is 0 Å². The molecule has 2 aromatic rings. The quantitative estimate of drug-likeness (QED) is 0.702. The molecule has 20 heavy (non-hydrogen) atoms. The molecule has 0 saturated carbocycles. The van der Waals surface area contributed by atoms with Crippen LogP contribution in [0.5, 0.6) is 0 Å². The van der Waals surface area contributed by atoms with Gasteiger partial charge in [-0.15, -0.1) is 0 Å². The molecule has 0 aliphatic carbocycles. The van der Waals surface area contributed by atoms with Crippen LogP contribution in [0.2, 0.25) is 0 Å². The van der Waals surface area contributed by atoms with Gasteiger partial charge in [0.1, 0.15) is 0 Å². The topological polar surface area (TPSA) is 97.7 Å². The molecule has 0 atom stereocenters. The van der Waals surface area contributed by atoms with Crippen molar-refractivity contribution in [3.05, 3.63) is 30.2 Å². The van der Waals surface area contributed by atoms with E-state index in [1.807, 2.05) is 0 Å². The average Bonchev–Trinajstić information content (AvgIpc) is 3.12. The van der Waals surface area contributed by atoms with Crippen LogP contribution in [-0.4, -0.2) is 42.5 Å². The first-order valence-electron chi connectivity index (χ1n) is 6.28. The van der Waals surface area contributed by atoms with Crippen molar-refractivity contribution in [2.75, 3.05) is 26.4 Å². The molecule has 2 aromatic heterocycles. The SMILES string of the molecule is O=C(NCCCOCCO)c1cc(-c2ccco2)on1. The number of hydrogen-bond donors (Lipinski definition) is 2. The number of carbonyl (C=O) groups excluding carboxylic acids is 1. The highest BCUT2D eigenvalue weighted by Gasteiger charge is 2.14. The van der Waals surface area contributed by atoms with Crippen LogP contribution in [0.1, 0.15) is 16.9 Å². The van der Waals surface area contributed by atoms with Crippen LogP contribution < -0.4 is 5.32 Å². The van der Waals surface area contributed by atoms with Crippen LogP contribution in [-0.2, 0) is 4.74 Å². The molecule has 0 bridgehead atoms. The number of amides is 1. The number of rotatable bonds is 8. The first-order chi connectivity index (χ1) is 9.81. The summed E-state index contributed by atoms with van der Waals surface area (Å²) >= 11 is 0. The fourth-order valence-corrected chi connectivity index (χ4v) is 1.55. The van der Waals surface area contributed by atoms with Gasteiger partial charge in [-0.1, -0.05) is 5.16 Å². The fourth-order valence-electron chi connectivity index (χ4n) is 1.55. The monoisotopic (exact) mass is 280 g/mol. The lowest BCUT2D eigenvalue weighted by Gasteiger charge is -2.03. The Labute approximate surface area is 115 Å². The summed E-state index contributed by atoms with van der Waals surface area (Å²) in [5, 5.41) is 14.9. The van der Waals surface area contributed by atoms with Gasteiger partial charge in [0, 0.05) is 19.2 Å². The number of aromatic nitrogens is 1. The van der Waals surface area contributed by atoms with Crippen molar-refractivity contribution in [2.45, 2.75) is 6.42 Å². The number of aliphatic hydroxyl groups excluding tert-OH is 1. The molecule has 0 aliphatic heterocycles. The van der Waals surface area contributed by atoms with E-state index in [2.05, 4.69) is 10.5 Å². The molecule has 2 heterocycles. The Kier molecular flexibility index (Phi) is 5.33. The third kappa shape index (κ3) is 3.94. The van der Waals surface area contributed by atoms with Crippen molar-refractivity contribution in [2.24, 2.45) is 0 Å². The van der Waals surface area contributed by atoms with Crippen molar-refractivity contribution in [1.29, 1.82) is 0 Å². The van der Waals surface area contributed by atoms with Crippen molar-refractivity contribution >= 4 is 5.91 Å². The Morgan fingerprint density at radius 1 is 1.40 bits per heavy atom. The molecule has 0 aliphatic rings. The third-order valence-corrected chi connectivity index (χ3v) is 2.49. The average molecular weight is 280 g/mol. The van der Waals surface area contributed by atoms with Crippen LogP contribution in [0.25, 0.3) is 11.5 Å². The van der Waals surface area contributed by atoms with Crippen LogP contribution in [0.3, 0.4) is 0 Å². The molecule has 0 spiro atoms. The largest absolute Gasteiger partial charge is 0.461 e. The molecular formula is C13H16N2O5. The number of nitrogens with zero attached hydrogens (tertiary/aromatic N) is 1. The van der Waals surface area contributed by atoms with Crippen molar-refractivity contribution in [1.82, 2.24) is 10.5 Å². The molecule has 7 nitrogen and oxygen atoms in total. The minimum absolute atomic E-state index is 0.000848. The van der Waals surface area contributed by atoms with E-state index in [-0.39, 0.29) is 18.2 Å². The van der Waals surface area contributed by atoms with Gasteiger partial charge in [0.15, 0.2) is 11.5 Å². The second-order valence-corrected chi connectivity index (χ2v) is 4.00. The van der Waals surface area contributed by atoms with Crippen molar-refractivity contribution < 1.29 is 23.6 Å². The van der Waals surface area contributed by atoms with E-state index in [4.69, 9.17) is 18.8 Å². The molecule has 0 fully saturated rings. The summed E-state index contributed by atoms with van der Waals surface area (Å²) in [4.78, 5) is 11.8. The molecule has 0 aromatic carbocycles. The lowest BCUT2D eigenvalue weighted by Crippen LogP contribution is -2.25. The van der Waals surface area contributed by atoms with E-state index < -0.39 is 0 Å². The number of hydrogen-bond acceptors (Lipinski definition) is 6. The summed E-state index contributed by atoms with van der Waals surface area (Å²) in [6, 6.07) is 4.97. The summed E-state index contributed by atoms with van der Waals surface area (Å²) in [5.74, 6) is 0.620. The Hall–Kier alpha value is -2.12. The second kappa shape index (κ2) is 7.46. The normalized spacial score (nSPS) is 10.7. The summed E-state index contributed by atoms with van der Waals surface area (Å²) < 4.78 is 15.3. The van der Waals surface area contributed by atoms with Gasteiger partial charge in [-0.3, -0.25) is 4.79 Å². The zero-order chi connectivity index (χ0) is 14.2. The van der Waals surface area contributed by atoms with Crippen LogP contribution in [0, 0.1) is 0 Å². The fraction of sp³-hybridized carbons (Fsp3) is 0.385. The zero-order valence-electron chi connectivity index (χ0n) is 10.9. The number of carbonyl (C=O) groups is 1. The molecule has 2 N–H and O–H groups in total. The van der Waals surface area contributed by atoms with Crippen LogP contribution in [0.4, 0.5) is 0 Å². The highest BCUT2D eigenvalue weighted by atomic mass is 16.5. The van der Waals surface area contributed by atoms with Gasteiger partial charge < -0.3 is 24.1 Å². The lowest BCUT2D eigenvalue weighted by atomic mass is 10.3. The molecule has 1 amide bonds. The standard InChI is InChI=1S/C13H16N2O5/c16-5-8-18-6-2-4-14-13(17)10-9-12(20-15-10)11-3-1-7-19-11/h1,3,7,9,16H,2,4-6,8H2,(H,14,17). The van der Waals surface area contributed by atoms with E-state index in [1.165, 1.54) is 12.3 Å². The molecule has 0 radical (unpaired) electrons. The predicted octanol–water partition coefficient (Wildman–Crippen LogP) is 1.06. The van der Waals surface area contributed by atoms with Crippen LogP contribution in [0.15, 0.2) is 33.4 Å². The Bertz CT molecular complexity index is 521. The lowest BCUT2D eigenvalue weighted by molar-refractivity contribution is 0.0864. The van der Waals surface area contributed by atoms with Crippen molar-refractivity contribution in [3.8, 4) is 11.5 Å². The highest BCUT2D eigenvalue weighted by molar-refractivity contribution is 5.92. The smallest absolute Gasteiger partial charge is 0.273 e. The molecule has 0 unspecified atom stereocenters. The van der Waals surface area contributed by atoms with Gasteiger partial charge in [0.25, 0.3) is 5.91 Å². The number of nitrogens with one attached hydrogen (secondary N) is 1. The molecular weight excluding hydrogens is 264 g/mol. The first kappa shape index (κ1) is 14.3. The predicted molar refractivity (Wildman–Crippen MR) is 69.1 cm³/mol. The number of furan rings is 1. The maximum atomic E-state index is 11.8. The highest BCUT2D eigenvalue weighted by Crippen LogP contribution is 2.20. The second-order valence-electron chi connectivity index (χ2n) is 4.00. The van der Waals surface area contributed by atoms with Gasteiger partial charge in [0.05, 0.1) is 19.5 Å². The Morgan fingerprint density at radius 2 is 2.30 bits per heavy atom. The summed E-state index contributed by atoms with van der Waals surface area (Å²) in [7, 11) is 0. The maximum Gasteiger partial charge on any atom is 0.273 e. The van der Waals surface area contributed by atoms with Gasteiger partial charge >= 0.3 is 0 Å². The van der Waals surface area contributed by atoms with Gasteiger partial charge in [-0.05, 0) is 18.6 Å². The number of ether oxygens (including phenoxy) is 1. The molecule has 108 valence electrons. The summed E-state index contributed by atoms with van der Waals surface area (Å²) in [6.45, 7) is 1.26. The Balaban J connectivity index is 1.76. The summed E-state index contributed by atoms with van der Waals surface area (Å²) in [6.07, 6.45) is 2.18. The third-order valence-electron chi connectivity index (χ3n) is 2.49. The van der Waals surface area contributed by atoms with E-state index in [0.717, 1.165) is 0 Å². The Morgan fingerprint density at radius 3 is 3.05 bits per heavy atom. The van der Waals surface area contributed by atoms with E-state index in [9.17, 15) is 4.79 Å². The van der Waals surface area contributed by atoms with Crippen LogP contribution >= 0.6 is 0 Å². The van der Waals surface area contributed by atoms with Gasteiger partial charge in [0.2, 0.25) is 5.76 Å². The first-order valence-corrected chi connectivity index (χ1v) is 6.28. The number of aliphatic hydroxyl groups is 1. The minimum Gasteiger partial charge on any atom is -0.461 e.